The Morgan fingerprint density at radius 2 is 1.94 bits per heavy atom. The van der Waals surface area contributed by atoms with Crippen LogP contribution in [0.2, 0.25) is 0 Å². The molecule has 0 aliphatic carbocycles. The van der Waals surface area contributed by atoms with Gasteiger partial charge < -0.3 is 4.90 Å². The smallest absolute Gasteiger partial charge is 0.0401 e. The zero-order valence-electron chi connectivity index (χ0n) is 11.2. The molecule has 0 aromatic heterocycles. The van der Waals surface area contributed by atoms with Crippen molar-refractivity contribution >= 4 is 5.69 Å². The van der Waals surface area contributed by atoms with Gasteiger partial charge in [-0.25, -0.2) is 0 Å². The van der Waals surface area contributed by atoms with Crippen molar-refractivity contribution in [2.45, 2.75) is 53.0 Å². The van der Waals surface area contributed by atoms with E-state index in [4.69, 9.17) is 0 Å². The molecule has 1 aliphatic rings. The fraction of sp³-hybridized carbons (Fsp3) is 0.600. The number of nitrogens with zero attached hydrogens (tertiary/aromatic N) is 1. The van der Waals surface area contributed by atoms with Crippen molar-refractivity contribution in [3.05, 3.63) is 29.8 Å². The van der Waals surface area contributed by atoms with E-state index in [1.54, 1.807) is 0 Å². The van der Waals surface area contributed by atoms with Crippen molar-refractivity contribution in [1.29, 1.82) is 0 Å². The minimum Gasteiger partial charge on any atom is -0.369 e. The molecule has 1 nitrogen and oxygen atoms in total. The highest BCUT2D eigenvalue weighted by molar-refractivity contribution is 5.56. The van der Waals surface area contributed by atoms with Gasteiger partial charge in [0.2, 0.25) is 0 Å². The molecule has 1 aliphatic heterocycles. The van der Waals surface area contributed by atoms with Crippen molar-refractivity contribution < 1.29 is 0 Å². The van der Waals surface area contributed by atoms with Gasteiger partial charge in [-0.2, -0.15) is 0 Å². The average molecular weight is 219 g/mol. The minimum absolute atomic E-state index is 0.677. The van der Waals surface area contributed by atoms with Gasteiger partial charge in [0.05, 0.1) is 0 Å². The van der Waals surface area contributed by atoms with Gasteiger partial charge in [0.1, 0.15) is 0 Å². The van der Waals surface area contributed by atoms with Crippen LogP contribution in [0, 0.1) is 0 Å². The fourth-order valence-electron chi connectivity index (χ4n) is 2.24. The van der Waals surface area contributed by atoms with Gasteiger partial charge >= 0.3 is 0 Å². The molecular weight excluding hydrogens is 194 g/mol. The summed E-state index contributed by atoms with van der Waals surface area (Å²) in [6, 6.07) is 9.51. The first-order valence-electron chi connectivity index (χ1n) is 6.67. The minimum atomic E-state index is 0.677. The van der Waals surface area contributed by atoms with Crippen LogP contribution in [0.1, 0.15) is 46.1 Å². The maximum Gasteiger partial charge on any atom is 0.0401 e. The third-order valence-corrected chi connectivity index (χ3v) is 3.27. The molecule has 16 heavy (non-hydrogen) atoms. The van der Waals surface area contributed by atoms with Crippen LogP contribution < -0.4 is 4.90 Å². The van der Waals surface area contributed by atoms with Gasteiger partial charge in [0.25, 0.3) is 0 Å². The van der Waals surface area contributed by atoms with Crippen LogP contribution in [0.25, 0.3) is 0 Å². The van der Waals surface area contributed by atoms with E-state index < -0.39 is 0 Å². The zero-order chi connectivity index (χ0) is 12.0. The summed E-state index contributed by atoms with van der Waals surface area (Å²) in [4.78, 5) is 2.55. The summed E-state index contributed by atoms with van der Waals surface area (Å²) < 4.78 is 0. The van der Waals surface area contributed by atoms with Crippen LogP contribution in [0.5, 0.6) is 0 Å². The third kappa shape index (κ3) is 2.78. The van der Waals surface area contributed by atoms with Crippen molar-refractivity contribution in [2.24, 2.45) is 0 Å². The Balaban J connectivity index is 0.000000606. The molecule has 1 atom stereocenters. The average Bonchev–Trinajstić information content (AvgIpc) is 2.39. The van der Waals surface area contributed by atoms with Crippen LogP contribution in [0.3, 0.4) is 0 Å². The van der Waals surface area contributed by atoms with Crippen LogP contribution in [0.4, 0.5) is 5.69 Å². The summed E-state index contributed by atoms with van der Waals surface area (Å²) in [6.07, 6.45) is 3.79. The Morgan fingerprint density at radius 1 is 1.25 bits per heavy atom. The topological polar surface area (TPSA) is 3.24 Å². The van der Waals surface area contributed by atoms with E-state index in [2.05, 4.69) is 43.0 Å². The molecule has 1 aromatic rings. The monoisotopic (exact) mass is 219 g/mol. The molecule has 0 saturated carbocycles. The highest BCUT2D eigenvalue weighted by atomic mass is 15.2. The molecule has 1 heterocycles. The molecular formula is C15H25N. The summed E-state index contributed by atoms with van der Waals surface area (Å²) in [5.41, 5.74) is 2.99. The molecule has 1 unspecified atom stereocenters. The molecule has 0 bridgehead atoms. The summed E-state index contributed by atoms with van der Waals surface area (Å²) in [6.45, 7) is 9.82. The second-order valence-corrected chi connectivity index (χ2v) is 4.18. The molecule has 0 saturated heterocycles. The van der Waals surface area contributed by atoms with Crippen molar-refractivity contribution in [3.63, 3.8) is 0 Å². The Hall–Kier alpha value is -0.980. The lowest BCUT2D eigenvalue weighted by Gasteiger charge is -2.35. The maximum atomic E-state index is 2.55. The quantitative estimate of drug-likeness (QED) is 0.718. The molecule has 0 fully saturated rings. The standard InChI is InChI=1S/C13H19N.C2H6/c1-3-11(2)14-10-6-8-12-7-4-5-9-13(12)14;1-2/h4-5,7,9,11H,3,6,8,10H2,1-2H3;1-2H3. The lowest BCUT2D eigenvalue weighted by Crippen LogP contribution is -2.36. The van der Waals surface area contributed by atoms with E-state index in [-0.39, 0.29) is 0 Å². The van der Waals surface area contributed by atoms with Crippen molar-refractivity contribution in [3.8, 4) is 0 Å². The van der Waals surface area contributed by atoms with Gasteiger partial charge in [-0.05, 0) is 37.8 Å². The number of hydrogen-bond donors (Lipinski definition) is 0. The molecule has 1 heteroatoms. The highest BCUT2D eigenvalue weighted by Gasteiger charge is 2.19. The highest BCUT2D eigenvalue weighted by Crippen LogP contribution is 2.28. The van der Waals surface area contributed by atoms with E-state index in [1.807, 2.05) is 13.8 Å². The number of rotatable bonds is 2. The lowest BCUT2D eigenvalue weighted by atomic mass is 10.00. The van der Waals surface area contributed by atoms with Gasteiger partial charge in [-0.1, -0.05) is 39.0 Å². The van der Waals surface area contributed by atoms with Crippen molar-refractivity contribution in [2.75, 3.05) is 11.4 Å². The molecule has 0 radical (unpaired) electrons. The van der Waals surface area contributed by atoms with E-state index in [9.17, 15) is 0 Å². The summed E-state index contributed by atoms with van der Waals surface area (Å²) in [7, 11) is 0. The normalized spacial score (nSPS) is 15.9. The van der Waals surface area contributed by atoms with Gasteiger partial charge in [-0.15, -0.1) is 0 Å². The molecule has 90 valence electrons. The molecule has 0 spiro atoms. The van der Waals surface area contributed by atoms with Gasteiger partial charge in [0.15, 0.2) is 0 Å². The summed E-state index contributed by atoms with van der Waals surface area (Å²) in [5, 5.41) is 0. The summed E-state index contributed by atoms with van der Waals surface area (Å²) >= 11 is 0. The van der Waals surface area contributed by atoms with Crippen LogP contribution in [0.15, 0.2) is 24.3 Å². The SMILES string of the molecule is CC.CCC(C)N1CCCc2ccccc21. The Morgan fingerprint density at radius 3 is 2.62 bits per heavy atom. The fourth-order valence-corrected chi connectivity index (χ4v) is 2.24. The van der Waals surface area contributed by atoms with E-state index in [1.165, 1.54) is 37.1 Å². The number of hydrogen-bond acceptors (Lipinski definition) is 1. The molecule has 2 rings (SSSR count). The Bertz CT molecular complexity index is 306. The number of anilines is 1. The largest absolute Gasteiger partial charge is 0.369 e. The molecule has 1 aromatic carbocycles. The Labute approximate surface area is 100 Å². The van der Waals surface area contributed by atoms with Crippen LogP contribution in [-0.4, -0.2) is 12.6 Å². The number of para-hydroxylation sites is 1. The Kier molecular flexibility index (Phi) is 5.37. The second-order valence-electron chi connectivity index (χ2n) is 4.18. The van der Waals surface area contributed by atoms with E-state index in [0.717, 1.165) is 0 Å². The number of fused-ring (bicyclic) bond motifs is 1. The first-order chi connectivity index (χ1) is 7.83. The van der Waals surface area contributed by atoms with Gasteiger partial charge in [0, 0.05) is 18.3 Å². The number of benzene rings is 1. The van der Waals surface area contributed by atoms with Crippen LogP contribution in [-0.2, 0) is 6.42 Å². The predicted molar refractivity (Wildman–Crippen MR) is 73.2 cm³/mol. The lowest BCUT2D eigenvalue weighted by molar-refractivity contribution is 0.580. The second kappa shape index (κ2) is 6.57. The molecule has 0 amide bonds. The first-order valence-corrected chi connectivity index (χ1v) is 6.67. The van der Waals surface area contributed by atoms with Crippen LogP contribution >= 0.6 is 0 Å². The predicted octanol–water partition coefficient (Wildman–Crippen LogP) is 4.26. The maximum absolute atomic E-state index is 2.55. The van der Waals surface area contributed by atoms with Gasteiger partial charge in [-0.3, -0.25) is 0 Å². The zero-order valence-corrected chi connectivity index (χ0v) is 11.2. The number of aryl methyl sites for hydroxylation is 1. The van der Waals surface area contributed by atoms with Crippen molar-refractivity contribution in [1.82, 2.24) is 0 Å². The molecule has 0 N–H and O–H groups in total. The van der Waals surface area contributed by atoms with E-state index in [0.29, 0.717) is 6.04 Å². The van der Waals surface area contributed by atoms with E-state index >= 15 is 0 Å². The third-order valence-electron chi connectivity index (χ3n) is 3.27. The summed E-state index contributed by atoms with van der Waals surface area (Å²) in [5.74, 6) is 0. The first kappa shape index (κ1) is 13.1.